The smallest absolute Gasteiger partial charge is 0.247 e. The van der Waals surface area contributed by atoms with Crippen molar-refractivity contribution in [2.75, 3.05) is 6.54 Å². The van der Waals surface area contributed by atoms with Crippen LogP contribution in [-0.2, 0) is 9.59 Å². The van der Waals surface area contributed by atoms with Gasteiger partial charge in [-0.25, -0.2) is 4.39 Å². The quantitative estimate of drug-likeness (QED) is 0.749. The van der Waals surface area contributed by atoms with Crippen molar-refractivity contribution in [3.8, 4) is 0 Å². The zero-order chi connectivity index (χ0) is 13.8. The zero-order valence-corrected chi connectivity index (χ0v) is 10.2. The van der Waals surface area contributed by atoms with Crippen LogP contribution in [0, 0.1) is 5.82 Å². The minimum absolute atomic E-state index is 0.347. The average Bonchev–Trinajstić information content (AvgIpc) is 2.87. The van der Waals surface area contributed by atoms with Gasteiger partial charge in [0.2, 0.25) is 5.91 Å². The van der Waals surface area contributed by atoms with E-state index in [9.17, 15) is 19.1 Å². The minimum atomic E-state index is -1.22. The normalized spacial score (nSPS) is 19.0. The molecule has 1 heterocycles. The summed E-state index contributed by atoms with van der Waals surface area (Å²) in [7, 11) is 0. The van der Waals surface area contributed by atoms with E-state index in [0.717, 1.165) is 0 Å². The summed E-state index contributed by atoms with van der Waals surface area (Å²) in [6.07, 6.45) is 3.92. The molecule has 1 aliphatic heterocycles. The second-order valence-corrected chi connectivity index (χ2v) is 4.39. The first-order chi connectivity index (χ1) is 9.08. The lowest BCUT2D eigenvalue weighted by Gasteiger charge is -2.23. The van der Waals surface area contributed by atoms with Gasteiger partial charge in [0.15, 0.2) is 0 Å². The second kappa shape index (κ2) is 5.65. The fourth-order valence-corrected chi connectivity index (χ4v) is 2.11. The lowest BCUT2D eigenvalue weighted by molar-refractivity contribution is -0.310. The number of hydrogen-bond donors (Lipinski definition) is 0. The van der Waals surface area contributed by atoms with Gasteiger partial charge in [-0.05, 0) is 36.6 Å². The van der Waals surface area contributed by atoms with Gasteiger partial charge >= 0.3 is 0 Å². The number of aliphatic carboxylic acids is 1. The number of halogens is 1. The van der Waals surface area contributed by atoms with Crippen LogP contribution in [0.2, 0.25) is 0 Å². The Labute approximate surface area is 110 Å². The molecule has 0 bridgehead atoms. The Hall–Kier alpha value is -2.17. The van der Waals surface area contributed by atoms with Crippen molar-refractivity contribution in [3.63, 3.8) is 0 Å². The topological polar surface area (TPSA) is 60.4 Å². The molecule has 0 aromatic heterocycles. The molecule has 1 atom stereocenters. The Kier molecular flexibility index (Phi) is 3.94. The van der Waals surface area contributed by atoms with Crippen LogP contribution in [0.15, 0.2) is 30.3 Å². The van der Waals surface area contributed by atoms with E-state index in [0.29, 0.717) is 24.9 Å². The first-order valence-electron chi connectivity index (χ1n) is 6.03. The number of likely N-dealkylation sites (tertiary alicyclic amines) is 1. The van der Waals surface area contributed by atoms with E-state index in [4.69, 9.17) is 0 Å². The van der Waals surface area contributed by atoms with Gasteiger partial charge in [-0.15, -0.1) is 0 Å². The lowest BCUT2D eigenvalue weighted by atomic mass is 10.2. The summed E-state index contributed by atoms with van der Waals surface area (Å²) in [6.45, 7) is 0.422. The van der Waals surface area contributed by atoms with Crippen LogP contribution in [0.3, 0.4) is 0 Å². The van der Waals surface area contributed by atoms with E-state index >= 15 is 0 Å². The number of carbonyl (C=O) groups is 2. The van der Waals surface area contributed by atoms with Gasteiger partial charge in [0, 0.05) is 12.6 Å². The molecular weight excluding hydrogens is 249 g/mol. The zero-order valence-electron chi connectivity index (χ0n) is 10.2. The molecule has 1 fully saturated rings. The summed E-state index contributed by atoms with van der Waals surface area (Å²) in [5.41, 5.74) is 0.680. The van der Waals surface area contributed by atoms with E-state index in [1.807, 2.05) is 0 Å². The molecule has 1 aromatic carbocycles. The number of amides is 1. The Balaban J connectivity index is 2.04. The Morgan fingerprint density at radius 1 is 1.32 bits per heavy atom. The first-order valence-corrected chi connectivity index (χ1v) is 6.03. The number of benzene rings is 1. The van der Waals surface area contributed by atoms with Crippen LogP contribution < -0.4 is 5.11 Å². The summed E-state index contributed by atoms with van der Waals surface area (Å²) < 4.78 is 12.7. The molecule has 0 saturated carbocycles. The number of carboxylic acid groups (broad SMARTS) is 1. The van der Waals surface area contributed by atoms with Gasteiger partial charge in [0.1, 0.15) is 5.82 Å². The molecule has 0 aliphatic carbocycles. The fourth-order valence-electron chi connectivity index (χ4n) is 2.11. The van der Waals surface area contributed by atoms with Crippen molar-refractivity contribution in [2.45, 2.75) is 18.9 Å². The number of nitrogens with zero attached hydrogens (tertiary/aromatic N) is 1. The van der Waals surface area contributed by atoms with Crippen molar-refractivity contribution in [2.24, 2.45) is 0 Å². The summed E-state index contributed by atoms with van der Waals surface area (Å²) in [4.78, 5) is 24.0. The van der Waals surface area contributed by atoms with Crippen molar-refractivity contribution >= 4 is 18.0 Å². The third-order valence-corrected chi connectivity index (χ3v) is 3.10. The molecular formula is C14H13FNO3-. The van der Waals surface area contributed by atoms with Gasteiger partial charge in [0.25, 0.3) is 0 Å². The molecule has 5 heteroatoms. The molecule has 1 amide bonds. The van der Waals surface area contributed by atoms with Crippen LogP contribution in [0.4, 0.5) is 4.39 Å². The van der Waals surface area contributed by atoms with E-state index in [1.54, 1.807) is 12.1 Å². The number of carbonyl (C=O) groups excluding carboxylic acids is 2. The highest BCUT2D eigenvalue weighted by molar-refractivity contribution is 5.94. The second-order valence-electron chi connectivity index (χ2n) is 4.39. The highest BCUT2D eigenvalue weighted by Gasteiger charge is 2.28. The predicted molar refractivity (Wildman–Crippen MR) is 65.2 cm³/mol. The standard InChI is InChI=1S/C14H14FNO3/c15-11-6-3-10(4-7-11)5-8-13(17)16-9-1-2-12(16)14(18)19/h3-8,12H,1-2,9H2,(H,18,19)/p-1/b8-5+/t12-/m1/s1. The maximum Gasteiger partial charge on any atom is 0.247 e. The maximum absolute atomic E-state index is 12.7. The molecule has 0 spiro atoms. The van der Waals surface area contributed by atoms with Crippen molar-refractivity contribution in [3.05, 3.63) is 41.7 Å². The third-order valence-electron chi connectivity index (χ3n) is 3.10. The highest BCUT2D eigenvalue weighted by atomic mass is 19.1. The van der Waals surface area contributed by atoms with Gasteiger partial charge < -0.3 is 14.8 Å². The van der Waals surface area contributed by atoms with Crippen molar-refractivity contribution in [1.82, 2.24) is 4.90 Å². The van der Waals surface area contributed by atoms with Crippen LogP contribution >= 0.6 is 0 Å². The Bertz CT molecular complexity index is 510. The average molecular weight is 262 g/mol. The number of carboxylic acids is 1. The first kappa shape index (κ1) is 13.3. The highest BCUT2D eigenvalue weighted by Crippen LogP contribution is 2.17. The van der Waals surface area contributed by atoms with Gasteiger partial charge in [-0.3, -0.25) is 4.79 Å². The molecule has 4 nitrogen and oxygen atoms in total. The van der Waals surface area contributed by atoms with Crippen LogP contribution in [-0.4, -0.2) is 29.4 Å². The molecule has 0 radical (unpaired) electrons. The SMILES string of the molecule is O=C([O-])[C@H]1CCCN1C(=O)/C=C/c1ccc(F)cc1. The molecule has 2 rings (SSSR count). The van der Waals surface area contributed by atoms with E-state index in [-0.39, 0.29) is 11.7 Å². The van der Waals surface area contributed by atoms with Crippen LogP contribution in [0.25, 0.3) is 6.08 Å². The van der Waals surface area contributed by atoms with Crippen LogP contribution in [0.5, 0.6) is 0 Å². The lowest BCUT2D eigenvalue weighted by Crippen LogP contribution is -2.46. The molecule has 0 unspecified atom stereocenters. The third kappa shape index (κ3) is 3.19. The summed E-state index contributed by atoms with van der Waals surface area (Å²) in [5.74, 6) is -1.93. The molecule has 1 saturated heterocycles. The summed E-state index contributed by atoms with van der Waals surface area (Å²) >= 11 is 0. The summed E-state index contributed by atoms with van der Waals surface area (Å²) in [5, 5.41) is 10.9. The van der Waals surface area contributed by atoms with Gasteiger partial charge in [0.05, 0.1) is 12.0 Å². The van der Waals surface area contributed by atoms with E-state index < -0.39 is 12.0 Å². The Morgan fingerprint density at radius 2 is 2.00 bits per heavy atom. The number of rotatable bonds is 3. The molecule has 1 aromatic rings. The largest absolute Gasteiger partial charge is 0.548 e. The predicted octanol–water partition coefficient (Wildman–Crippen LogP) is 0.580. The molecule has 0 N–H and O–H groups in total. The maximum atomic E-state index is 12.7. The molecule has 1 aliphatic rings. The number of hydrogen-bond acceptors (Lipinski definition) is 3. The van der Waals surface area contributed by atoms with E-state index in [2.05, 4.69) is 0 Å². The van der Waals surface area contributed by atoms with Crippen molar-refractivity contribution in [1.29, 1.82) is 0 Å². The monoisotopic (exact) mass is 262 g/mol. The minimum Gasteiger partial charge on any atom is -0.548 e. The summed E-state index contributed by atoms with van der Waals surface area (Å²) in [6, 6.07) is 4.83. The van der Waals surface area contributed by atoms with Gasteiger partial charge in [-0.1, -0.05) is 12.1 Å². The Morgan fingerprint density at radius 3 is 2.63 bits per heavy atom. The molecule has 100 valence electrons. The van der Waals surface area contributed by atoms with Crippen molar-refractivity contribution < 1.29 is 19.1 Å². The van der Waals surface area contributed by atoms with E-state index in [1.165, 1.54) is 29.2 Å². The fraction of sp³-hybridized carbons (Fsp3) is 0.286. The van der Waals surface area contributed by atoms with Crippen LogP contribution in [0.1, 0.15) is 18.4 Å². The molecule has 19 heavy (non-hydrogen) atoms. The van der Waals surface area contributed by atoms with Gasteiger partial charge in [-0.2, -0.15) is 0 Å².